The van der Waals surface area contributed by atoms with Crippen molar-refractivity contribution in [3.63, 3.8) is 0 Å². The van der Waals surface area contributed by atoms with Gasteiger partial charge in [0.15, 0.2) is 5.65 Å². The summed E-state index contributed by atoms with van der Waals surface area (Å²) in [4.78, 5) is 21.0. The third kappa shape index (κ3) is 3.86. The first-order valence-corrected chi connectivity index (χ1v) is 8.05. The Bertz CT molecular complexity index is 676. The predicted molar refractivity (Wildman–Crippen MR) is 87.3 cm³/mol. The molecule has 0 bridgehead atoms. The summed E-state index contributed by atoms with van der Waals surface area (Å²) in [6.45, 7) is 7.96. The number of carbonyl (C=O) groups excluding carboxylic acids is 1. The quantitative estimate of drug-likeness (QED) is 0.853. The molecule has 2 aromatic rings. The van der Waals surface area contributed by atoms with Crippen LogP contribution in [0.1, 0.15) is 24.2 Å². The standard InChI is InChI=1S/C16H23N5O2/c1-11(2)9-21-10-20-14-5-12(6-18-15(14)21)16(22)19-8-13-7-17-3-4-23-13/h5-6,10-11,13,17H,3-4,7-9H2,1-2H3,(H,19,22). The van der Waals surface area contributed by atoms with Crippen LogP contribution in [0.2, 0.25) is 0 Å². The molecule has 3 rings (SSSR count). The van der Waals surface area contributed by atoms with E-state index in [1.54, 1.807) is 18.6 Å². The number of rotatable bonds is 5. The minimum Gasteiger partial charge on any atom is -0.374 e. The lowest BCUT2D eigenvalue weighted by molar-refractivity contribution is 0.0287. The van der Waals surface area contributed by atoms with Crippen LogP contribution in [-0.4, -0.2) is 52.8 Å². The second-order valence-corrected chi connectivity index (χ2v) is 6.26. The molecule has 1 fully saturated rings. The fourth-order valence-electron chi connectivity index (χ4n) is 2.66. The number of carbonyl (C=O) groups is 1. The maximum atomic E-state index is 12.3. The molecule has 1 aliphatic heterocycles. The molecule has 1 saturated heterocycles. The van der Waals surface area contributed by atoms with Crippen LogP contribution in [0.4, 0.5) is 0 Å². The van der Waals surface area contributed by atoms with Crippen LogP contribution < -0.4 is 10.6 Å². The molecule has 3 heterocycles. The minimum atomic E-state index is -0.146. The number of pyridine rings is 1. The van der Waals surface area contributed by atoms with Gasteiger partial charge in [-0.3, -0.25) is 4.79 Å². The van der Waals surface area contributed by atoms with Gasteiger partial charge in [-0.15, -0.1) is 0 Å². The molecule has 1 unspecified atom stereocenters. The van der Waals surface area contributed by atoms with Gasteiger partial charge < -0.3 is 19.9 Å². The van der Waals surface area contributed by atoms with Crippen molar-refractivity contribution in [2.75, 3.05) is 26.2 Å². The Hall–Kier alpha value is -1.99. The zero-order valence-electron chi connectivity index (χ0n) is 13.6. The van der Waals surface area contributed by atoms with Gasteiger partial charge >= 0.3 is 0 Å². The lowest BCUT2D eigenvalue weighted by Crippen LogP contribution is -2.45. The van der Waals surface area contributed by atoms with E-state index in [0.717, 1.165) is 30.8 Å². The fourth-order valence-corrected chi connectivity index (χ4v) is 2.66. The summed E-state index contributed by atoms with van der Waals surface area (Å²) >= 11 is 0. The number of fused-ring (bicyclic) bond motifs is 1. The first kappa shape index (κ1) is 15.9. The number of nitrogens with one attached hydrogen (secondary N) is 2. The Morgan fingerprint density at radius 2 is 2.39 bits per heavy atom. The molecule has 1 amide bonds. The maximum absolute atomic E-state index is 12.3. The van der Waals surface area contributed by atoms with Crippen LogP contribution in [0.25, 0.3) is 11.2 Å². The zero-order chi connectivity index (χ0) is 16.2. The van der Waals surface area contributed by atoms with Gasteiger partial charge in [-0.05, 0) is 12.0 Å². The number of hydrogen-bond acceptors (Lipinski definition) is 5. The van der Waals surface area contributed by atoms with Gasteiger partial charge in [-0.1, -0.05) is 13.8 Å². The van der Waals surface area contributed by atoms with Crippen molar-refractivity contribution in [1.82, 2.24) is 25.2 Å². The van der Waals surface area contributed by atoms with E-state index in [1.165, 1.54) is 0 Å². The average Bonchev–Trinajstić information content (AvgIpc) is 2.95. The maximum Gasteiger partial charge on any atom is 0.253 e. The summed E-state index contributed by atoms with van der Waals surface area (Å²) in [7, 11) is 0. The van der Waals surface area contributed by atoms with Crippen molar-refractivity contribution in [3.8, 4) is 0 Å². The topological polar surface area (TPSA) is 81.1 Å². The predicted octanol–water partition coefficient (Wildman–Crippen LogP) is 0.806. The third-order valence-electron chi connectivity index (χ3n) is 3.77. The van der Waals surface area contributed by atoms with Crippen molar-refractivity contribution >= 4 is 17.1 Å². The van der Waals surface area contributed by atoms with E-state index in [2.05, 4.69) is 34.4 Å². The molecule has 0 spiro atoms. The number of hydrogen-bond donors (Lipinski definition) is 2. The largest absolute Gasteiger partial charge is 0.374 e. The van der Waals surface area contributed by atoms with E-state index in [0.29, 0.717) is 24.6 Å². The summed E-state index contributed by atoms with van der Waals surface area (Å²) in [6, 6.07) is 1.79. The van der Waals surface area contributed by atoms with Crippen LogP contribution in [0, 0.1) is 5.92 Å². The Kier molecular flexibility index (Phi) is 4.88. The first-order chi connectivity index (χ1) is 11.1. The number of imidazole rings is 1. The lowest BCUT2D eigenvalue weighted by Gasteiger charge is -2.23. The van der Waals surface area contributed by atoms with E-state index in [1.807, 2.05) is 4.57 Å². The van der Waals surface area contributed by atoms with Crippen LogP contribution in [0.5, 0.6) is 0 Å². The van der Waals surface area contributed by atoms with Crippen molar-refractivity contribution in [2.45, 2.75) is 26.5 Å². The van der Waals surface area contributed by atoms with Crippen LogP contribution in [0.3, 0.4) is 0 Å². The number of aromatic nitrogens is 3. The van der Waals surface area contributed by atoms with E-state index >= 15 is 0 Å². The second kappa shape index (κ2) is 7.06. The van der Waals surface area contributed by atoms with Crippen molar-refractivity contribution in [1.29, 1.82) is 0 Å². The number of morpholine rings is 1. The smallest absolute Gasteiger partial charge is 0.253 e. The Labute approximate surface area is 135 Å². The summed E-state index contributed by atoms with van der Waals surface area (Å²) < 4.78 is 7.58. The first-order valence-electron chi connectivity index (χ1n) is 8.05. The van der Waals surface area contributed by atoms with E-state index in [-0.39, 0.29) is 12.0 Å². The normalized spacial score (nSPS) is 18.5. The molecular weight excluding hydrogens is 294 g/mol. The number of ether oxygens (including phenoxy) is 1. The third-order valence-corrected chi connectivity index (χ3v) is 3.77. The monoisotopic (exact) mass is 317 g/mol. The number of amides is 1. The minimum absolute atomic E-state index is 0.0228. The highest BCUT2D eigenvalue weighted by Crippen LogP contribution is 2.13. The number of nitrogens with zero attached hydrogens (tertiary/aromatic N) is 3. The Morgan fingerprint density at radius 1 is 1.52 bits per heavy atom. The molecule has 7 heteroatoms. The average molecular weight is 317 g/mol. The van der Waals surface area contributed by atoms with Gasteiger partial charge in [0.1, 0.15) is 5.52 Å². The summed E-state index contributed by atoms with van der Waals surface area (Å²) in [5.74, 6) is 0.369. The molecule has 7 nitrogen and oxygen atoms in total. The van der Waals surface area contributed by atoms with E-state index < -0.39 is 0 Å². The van der Waals surface area contributed by atoms with Gasteiger partial charge in [-0.25, -0.2) is 9.97 Å². The lowest BCUT2D eigenvalue weighted by atomic mass is 10.2. The SMILES string of the molecule is CC(C)Cn1cnc2cc(C(=O)NCC3CNCCO3)cnc21. The molecule has 0 saturated carbocycles. The summed E-state index contributed by atoms with van der Waals surface area (Å²) in [6.07, 6.45) is 3.41. The van der Waals surface area contributed by atoms with Gasteiger partial charge in [-0.2, -0.15) is 0 Å². The molecule has 0 aliphatic carbocycles. The molecular formula is C16H23N5O2. The molecule has 0 aromatic carbocycles. The molecule has 2 N–H and O–H groups in total. The Balaban J connectivity index is 1.66. The zero-order valence-corrected chi connectivity index (χ0v) is 13.6. The van der Waals surface area contributed by atoms with Crippen LogP contribution in [-0.2, 0) is 11.3 Å². The fraction of sp³-hybridized carbons (Fsp3) is 0.562. The van der Waals surface area contributed by atoms with Gasteiger partial charge in [0.25, 0.3) is 5.91 Å². The highest BCUT2D eigenvalue weighted by Gasteiger charge is 2.16. The second-order valence-electron chi connectivity index (χ2n) is 6.26. The van der Waals surface area contributed by atoms with Crippen molar-refractivity contribution in [3.05, 3.63) is 24.2 Å². The van der Waals surface area contributed by atoms with Gasteiger partial charge in [0.2, 0.25) is 0 Å². The van der Waals surface area contributed by atoms with Gasteiger partial charge in [0.05, 0.1) is 24.6 Å². The molecule has 0 radical (unpaired) electrons. The van der Waals surface area contributed by atoms with Crippen LogP contribution >= 0.6 is 0 Å². The van der Waals surface area contributed by atoms with Crippen molar-refractivity contribution < 1.29 is 9.53 Å². The molecule has 2 aromatic heterocycles. The summed E-state index contributed by atoms with van der Waals surface area (Å²) in [5.41, 5.74) is 2.08. The highest BCUT2D eigenvalue weighted by molar-refractivity contribution is 5.96. The van der Waals surface area contributed by atoms with Crippen molar-refractivity contribution in [2.24, 2.45) is 5.92 Å². The van der Waals surface area contributed by atoms with Crippen LogP contribution in [0.15, 0.2) is 18.6 Å². The molecule has 1 atom stereocenters. The molecule has 1 aliphatic rings. The molecule has 124 valence electrons. The molecule has 23 heavy (non-hydrogen) atoms. The highest BCUT2D eigenvalue weighted by atomic mass is 16.5. The van der Waals surface area contributed by atoms with E-state index in [9.17, 15) is 4.79 Å². The van der Waals surface area contributed by atoms with Gasteiger partial charge in [0, 0.05) is 32.4 Å². The van der Waals surface area contributed by atoms with E-state index in [4.69, 9.17) is 4.74 Å². The summed E-state index contributed by atoms with van der Waals surface area (Å²) in [5, 5.41) is 6.13. The Morgan fingerprint density at radius 3 is 3.13 bits per heavy atom.